The number of rotatable bonds is 1. The molecule has 0 amide bonds. The van der Waals surface area contributed by atoms with Gasteiger partial charge in [0, 0.05) is 41.4 Å². The summed E-state index contributed by atoms with van der Waals surface area (Å²) in [5.74, 6) is 0. The molecule has 4 rings (SSSR count). The minimum absolute atomic E-state index is 1.05. The van der Waals surface area contributed by atoms with E-state index >= 15 is 0 Å². The summed E-state index contributed by atoms with van der Waals surface area (Å²) < 4.78 is 2.38. The molecule has 0 fully saturated rings. The Balaban J connectivity index is 1.77. The molecule has 0 saturated heterocycles. The Labute approximate surface area is 155 Å². The third kappa shape index (κ3) is 2.32. The number of allylic oxidation sites excluding steroid dienone is 2. The van der Waals surface area contributed by atoms with Gasteiger partial charge in [-0.05, 0) is 68.5 Å². The van der Waals surface area contributed by atoms with Gasteiger partial charge in [0.05, 0.1) is 6.42 Å². The zero-order chi connectivity index (χ0) is 18.0. The lowest BCUT2D eigenvalue weighted by Crippen LogP contribution is -2.16. The van der Waals surface area contributed by atoms with Crippen molar-refractivity contribution in [2.75, 3.05) is 19.0 Å². The number of thiophene rings is 1. The summed E-state index contributed by atoms with van der Waals surface area (Å²) in [6.45, 7) is 11.3. The van der Waals surface area contributed by atoms with Crippen molar-refractivity contribution in [1.82, 2.24) is 0 Å². The molecule has 0 unspecified atom stereocenters. The predicted octanol–water partition coefficient (Wildman–Crippen LogP) is 5.14. The molecule has 0 radical (unpaired) electrons. The Morgan fingerprint density at radius 3 is 2.36 bits per heavy atom. The summed E-state index contributed by atoms with van der Waals surface area (Å²) in [4.78, 5) is 3.83. The minimum atomic E-state index is 1.05. The Hall–Kier alpha value is -1.87. The van der Waals surface area contributed by atoms with Crippen molar-refractivity contribution in [1.29, 1.82) is 0 Å². The lowest BCUT2D eigenvalue weighted by atomic mass is 9.92. The van der Waals surface area contributed by atoms with Crippen LogP contribution in [0.2, 0.25) is 0 Å². The third-order valence-electron chi connectivity index (χ3n) is 6.26. The van der Waals surface area contributed by atoms with E-state index in [4.69, 9.17) is 0 Å². The van der Waals surface area contributed by atoms with Crippen LogP contribution >= 0.6 is 11.3 Å². The van der Waals surface area contributed by atoms with Gasteiger partial charge in [0.2, 0.25) is 0 Å². The average molecular weight is 352 g/mol. The number of hydrogen-bond donors (Lipinski definition) is 0. The van der Waals surface area contributed by atoms with Crippen molar-refractivity contribution in [2.45, 2.75) is 47.5 Å². The molecule has 2 aliphatic rings. The molecule has 0 aliphatic carbocycles. The van der Waals surface area contributed by atoms with Crippen molar-refractivity contribution < 1.29 is 4.58 Å². The van der Waals surface area contributed by atoms with E-state index in [1.807, 2.05) is 11.3 Å². The third-order valence-corrected chi connectivity index (χ3v) is 7.42. The van der Waals surface area contributed by atoms with Crippen molar-refractivity contribution in [2.24, 2.45) is 0 Å². The van der Waals surface area contributed by atoms with Gasteiger partial charge in [-0.2, -0.15) is 4.58 Å². The second-order valence-electron chi connectivity index (χ2n) is 7.61. The van der Waals surface area contributed by atoms with Gasteiger partial charge >= 0.3 is 0 Å². The van der Waals surface area contributed by atoms with Crippen LogP contribution in [-0.2, 0) is 12.8 Å². The normalized spacial score (nSPS) is 17.7. The molecule has 25 heavy (non-hydrogen) atoms. The van der Waals surface area contributed by atoms with Gasteiger partial charge in [-0.1, -0.05) is 11.3 Å². The molecule has 0 spiro atoms. The number of aryl methyl sites for hydroxylation is 1. The standard InChI is InChI=1S/C22H27N2S/c1-12-8-17-9-18(24(7)22(17)25-12)10-19-11-20-15(4)13(2)14(3)16(5)21(20)23(19)6/h8,10H,9,11H2,1-7H3/q+1. The summed E-state index contributed by atoms with van der Waals surface area (Å²) in [5, 5.41) is 1.42. The number of hydrogen-bond acceptors (Lipinski definition) is 2. The van der Waals surface area contributed by atoms with Gasteiger partial charge in [0.1, 0.15) is 7.05 Å². The molecule has 0 atom stereocenters. The smallest absolute Gasteiger partial charge is 0.265 e. The lowest BCUT2D eigenvalue weighted by Gasteiger charge is -2.20. The van der Waals surface area contributed by atoms with E-state index in [1.165, 1.54) is 60.4 Å². The Morgan fingerprint density at radius 2 is 1.68 bits per heavy atom. The molecular formula is C22H27N2S+. The fourth-order valence-electron chi connectivity index (χ4n) is 4.38. The first-order valence-corrected chi connectivity index (χ1v) is 9.83. The summed E-state index contributed by atoms with van der Waals surface area (Å²) in [7, 11) is 4.44. The second-order valence-corrected chi connectivity index (χ2v) is 8.85. The fourth-order valence-corrected chi connectivity index (χ4v) is 5.40. The van der Waals surface area contributed by atoms with Crippen LogP contribution in [0.15, 0.2) is 17.8 Å². The van der Waals surface area contributed by atoms with Crippen molar-refractivity contribution in [3.8, 4) is 0 Å². The van der Waals surface area contributed by atoms with E-state index < -0.39 is 0 Å². The van der Waals surface area contributed by atoms with Gasteiger partial charge in [-0.25, -0.2) is 0 Å². The van der Waals surface area contributed by atoms with Crippen LogP contribution in [0.4, 0.5) is 10.7 Å². The molecule has 2 aromatic rings. The first kappa shape index (κ1) is 16.6. The van der Waals surface area contributed by atoms with E-state index in [-0.39, 0.29) is 0 Å². The Morgan fingerprint density at radius 1 is 1.00 bits per heavy atom. The maximum atomic E-state index is 2.42. The molecule has 0 bridgehead atoms. The summed E-state index contributed by atoms with van der Waals surface area (Å²) >= 11 is 1.91. The molecular weight excluding hydrogens is 324 g/mol. The highest BCUT2D eigenvalue weighted by Gasteiger charge is 2.31. The van der Waals surface area contributed by atoms with Gasteiger partial charge in [-0.3, -0.25) is 0 Å². The zero-order valence-electron chi connectivity index (χ0n) is 16.4. The summed E-state index contributed by atoms with van der Waals surface area (Å²) in [6, 6.07) is 2.34. The highest BCUT2D eigenvalue weighted by Crippen LogP contribution is 2.42. The van der Waals surface area contributed by atoms with Crippen LogP contribution in [0.3, 0.4) is 0 Å². The summed E-state index contributed by atoms with van der Waals surface area (Å²) in [5.41, 5.74) is 13.0. The van der Waals surface area contributed by atoms with Crippen molar-refractivity contribution in [3.63, 3.8) is 0 Å². The average Bonchev–Trinajstić information content (AvgIpc) is 3.18. The predicted molar refractivity (Wildman–Crippen MR) is 109 cm³/mol. The highest BCUT2D eigenvalue weighted by atomic mass is 32.1. The number of benzene rings is 1. The van der Waals surface area contributed by atoms with Crippen LogP contribution in [-0.4, -0.2) is 24.4 Å². The van der Waals surface area contributed by atoms with Gasteiger partial charge in [-0.15, -0.1) is 0 Å². The number of nitrogens with zero attached hydrogens (tertiary/aromatic N) is 2. The van der Waals surface area contributed by atoms with Crippen LogP contribution < -0.4 is 4.90 Å². The van der Waals surface area contributed by atoms with E-state index in [0.29, 0.717) is 0 Å². The maximum absolute atomic E-state index is 2.42. The Kier molecular flexibility index (Phi) is 3.69. The molecule has 3 heteroatoms. The van der Waals surface area contributed by atoms with Gasteiger partial charge < -0.3 is 4.90 Å². The van der Waals surface area contributed by atoms with Crippen molar-refractivity contribution in [3.05, 3.63) is 56.1 Å². The maximum Gasteiger partial charge on any atom is 0.265 e. The fraction of sp³-hybridized carbons (Fsp3) is 0.409. The number of likely N-dealkylation sites (N-methyl/N-ethyl adjacent to an activating group) is 1. The van der Waals surface area contributed by atoms with Gasteiger partial charge in [0.15, 0.2) is 5.71 Å². The quantitative estimate of drug-likeness (QED) is 0.645. The molecule has 3 heterocycles. The van der Waals surface area contributed by atoms with Crippen LogP contribution in [0.5, 0.6) is 0 Å². The van der Waals surface area contributed by atoms with Crippen LogP contribution in [0.1, 0.15) is 38.3 Å². The van der Waals surface area contributed by atoms with Gasteiger partial charge in [0.25, 0.3) is 5.00 Å². The molecule has 1 aromatic carbocycles. The molecule has 130 valence electrons. The minimum Gasteiger partial charge on any atom is -0.347 e. The Bertz CT molecular complexity index is 973. The topological polar surface area (TPSA) is 6.25 Å². The SMILES string of the molecule is Cc1cc2c(s1)[N+](C)=C(C=C1Cc3c(C)c(C)c(C)c(C)c3N1C)C2. The monoisotopic (exact) mass is 351 g/mol. The molecule has 1 aromatic heterocycles. The molecule has 0 saturated carbocycles. The van der Waals surface area contributed by atoms with Crippen LogP contribution in [0, 0.1) is 34.6 Å². The summed E-state index contributed by atoms with van der Waals surface area (Å²) in [6.07, 6.45) is 4.52. The van der Waals surface area contributed by atoms with Crippen LogP contribution in [0.25, 0.3) is 0 Å². The largest absolute Gasteiger partial charge is 0.347 e. The first-order chi connectivity index (χ1) is 11.8. The molecule has 0 N–H and O–H groups in total. The van der Waals surface area contributed by atoms with E-state index in [9.17, 15) is 0 Å². The first-order valence-electron chi connectivity index (χ1n) is 9.02. The molecule has 2 nitrogen and oxygen atoms in total. The molecule has 2 aliphatic heterocycles. The zero-order valence-corrected chi connectivity index (χ0v) is 17.2. The van der Waals surface area contributed by atoms with E-state index in [2.05, 4.69) is 70.3 Å². The highest BCUT2D eigenvalue weighted by molar-refractivity contribution is 7.15. The lowest BCUT2D eigenvalue weighted by molar-refractivity contribution is -0.396. The second kappa shape index (κ2) is 5.57. The van der Waals surface area contributed by atoms with E-state index in [1.54, 1.807) is 0 Å². The van der Waals surface area contributed by atoms with Crippen molar-refractivity contribution >= 4 is 27.7 Å². The van der Waals surface area contributed by atoms with E-state index in [0.717, 1.165) is 12.8 Å². The number of anilines is 1. The number of fused-ring (bicyclic) bond motifs is 2.